The van der Waals surface area contributed by atoms with Crippen LogP contribution in [0.15, 0.2) is 0 Å². The van der Waals surface area contributed by atoms with Crippen LogP contribution in [0.5, 0.6) is 0 Å². The van der Waals surface area contributed by atoms with Gasteiger partial charge in [-0.05, 0) is 6.92 Å². The highest BCUT2D eigenvalue weighted by Gasteiger charge is 2.28. The summed E-state index contributed by atoms with van der Waals surface area (Å²) in [4.78, 5) is 45.2. The molecule has 0 saturated carbocycles. The van der Waals surface area contributed by atoms with Crippen molar-refractivity contribution in [1.29, 1.82) is 0 Å². The van der Waals surface area contributed by atoms with Gasteiger partial charge in [-0.2, -0.15) is 12.6 Å². The van der Waals surface area contributed by atoms with E-state index in [0.717, 1.165) is 0 Å². The molecule has 0 saturated heterocycles. The van der Waals surface area contributed by atoms with E-state index in [9.17, 15) is 24.3 Å². The molecule has 0 heterocycles. The molecule has 11 heteroatoms. The number of thiol groups is 1. The number of carbonyl (C=O) groups is 4. The number of carboxylic acid groups (broad SMARTS) is 1. The van der Waals surface area contributed by atoms with E-state index in [-0.39, 0.29) is 5.75 Å². The number of nitrogens with two attached hydrogens (primary N) is 2. The topological polar surface area (TPSA) is 185 Å². The molecule has 0 aliphatic carbocycles. The first-order chi connectivity index (χ1) is 10.1. The molecule has 4 atom stereocenters. The molecule has 0 radical (unpaired) electrons. The molecular formula is C11H20N4O6S. The number of hydrogen-bond acceptors (Lipinski definition) is 7. The highest BCUT2D eigenvalue weighted by atomic mass is 32.1. The maximum absolute atomic E-state index is 11.9. The van der Waals surface area contributed by atoms with Gasteiger partial charge in [-0.15, -0.1) is 0 Å². The van der Waals surface area contributed by atoms with Crippen LogP contribution in [0.2, 0.25) is 0 Å². The Labute approximate surface area is 132 Å². The lowest BCUT2D eigenvalue weighted by Crippen LogP contribution is -2.57. The Balaban J connectivity index is 4.80. The molecule has 0 fully saturated rings. The zero-order valence-electron chi connectivity index (χ0n) is 11.9. The first-order valence-electron chi connectivity index (χ1n) is 6.26. The minimum atomic E-state index is -1.52. The van der Waals surface area contributed by atoms with Crippen molar-refractivity contribution < 1.29 is 29.4 Å². The van der Waals surface area contributed by atoms with Gasteiger partial charge in [-0.1, -0.05) is 0 Å². The normalized spacial score (nSPS) is 16.0. The number of aliphatic carboxylic acids is 1. The van der Waals surface area contributed by atoms with Crippen molar-refractivity contribution in [2.75, 3.05) is 5.75 Å². The molecule has 3 amide bonds. The third-order valence-corrected chi connectivity index (χ3v) is 3.02. The van der Waals surface area contributed by atoms with Crippen molar-refractivity contribution in [3.8, 4) is 0 Å². The van der Waals surface area contributed by atoms with Crippen molar-refractivity contribution in [3.63, 3.8) is 0 Å². The highest BCUT2D eigenvalue weighted by Crippen LogP contribution is 1.97. The fourth-order valence-electron chi connectivity index (χ4n) is 1.35. The molecular weight excluding hydrogens is 316 g/mol. The number of carbonyl (C=O) groups excluding carboxylic acids is 3. The summed E-state index contributed by atoms with van der Waals surface area (Å²) in [6.45, 7) is 1.30. The van der Waals surface area contributed by atoms with Gasteiger partial charge in [0.2, 0.25) is 17.7 Å². The fourth-order valence-corrected chi connectivity index (χ4v) is 1.61. The van der Waals surface area contributed by atoms with Gasteiger partial charge >= 0.3 is 5.97 Å². The highest BCUT2D eigenvalue weighted by molar-refractivity contribution is 7.80. The van der Waals surface area contributed by atoms with Crippen LogP contribution in [0.3, 0.4) is 0 Å². The molecule has 0 aliphatic rings. The molecule has 0 aromatic carbocycles. The smallest absolute Gasteiger partial charge is 0.326 e. The van der Waals surface area contributed by atoms with E-state index in [0.29, 0.717) is 0 Å². The first-order valence-corrected chi connectivity index (χ1v) is 6.89. The summed E-state index contributed by atoms with van der Waals surface area (Å²) in [5, 5.41) is 22.4. The molecule has 0 aromatic heterocycles. The van der Waals surface area contributed by atoms with E-state index in [1.165, 1.54) is 6.92 Å². The van der Waals surface area contributed by atoms with E-state index in [1.807, 2.05) is 0 Å². The number of carboxylic acids is 1. The average molecular weight is 336 g/mol. The second-order valence-corrected chi connectivity index (χ2v) is 4.95. The number of aliphatic hydroxyl groups is 1. The molecule has 0 bridgehead atoms. The SMILES string of the molecule is C[C@@H](O)[C@H](N)C(=O)N[C@@H](CS)C(=O)N[C@@H](CC(N)=O)C(=O)O. The van der Waals surface area contributed by atoms with Crippen LogP contribution >= 0.6 is 12.6 Å². The van der Waals surface area contributed by atoms with Gasteiger partial charge in [0.05, 0.1) is 12.5 Å². The Morgan fingerprint density at radius 3 is 2.00 bits per heavy atom. The van der Waals surface area contributed by atoms with Gasteiger partial charge in [-0.3, -0.25) is 14.4 Å². The number of amides is 3. The Morgan fingerprint density at radius 1 is 1.14 bits per heavy atom. The van der Waals surface area contributed by atoms with Crippen molar-refractivity contribution in [2.45, 2.75) is 37.6 Å². The second kappa shape index (κ2) is 9.23. The molecule has 0 aromatic rings. The summed E-state index contributed by atoms with van der Waals surface area (Å²) in [5.41, 5.74) is 10.3. The lowest BCUT2D eigenvalue weighted by Gasteiger charge is -2.22. The summed E-state index contributed by atoms with van der Waals surface area (Å²) < 4.78 is 0. The van der Waals surface area contributed by atoms with Crippen LogP contribution in [-0.4, -0.2) is 63.9 Å². The van der Waals surface area contributed by atoms with Crippen LogP contribution in [0, 0.1) is 0 Å². The van der Waals surface area contributed by atoms with Crippen LogP contribution in [0.1, 0.15) is 13.3 Å². The largest absolute Gasteiger partial charge is 0.480 e. The van der Waals surface area contributed by atoms with Crippen LogP contribution in [0.4, 0.5) is 0 Å². The fraction of sp³-hybridized carbons (Fsp3) is 0.636. The zero-order valence-corrected chi connectivity index (χ0v) is 12.7. The van der Waals surface area contributed by atoms with Crippen molar-refractivity contribution in [3.05, 3.63) is 0 Å². The van der Waals surface area contributed by atoms with Crippen LogP contribution < -0.4 is 22.1 Å². The predicted molar refractivity (Wildman–Crippen MR) is 78.8 cm³/mol. The maximum atomic E-state index is 11.9. The van der Waals surface area contributed by atoms with Crippen molar-refractivity contribution in [2.24, 2.45) is 11.5 Å². The predicted octanol–water partition coefficient (Wildman–Crippen LogP) is -3.45. The van der Waals surface area contributed by atoms with Crippen molar-refractivity contribution in [1.82, 2.24) is 10.6 Å². The lowest BCUT2D eigenvalue weighted by molar-refractivity contribution is -0.143. The molecule has 22 heavy (non-hydrogen) atoms. The first kappa shape index (κ1) is 20.1. The summed E-state index contributed by atoms with van der Waals surface area (Å²) in [6.07, 6.45) is -1.73. The number of hydrogen-bond donors (Lipinski definition) is 7. The Kier molecular flexibility index (Phi) is 8.45. The monoisotopic (exact) mass is 336 g/mol. The summed E-state index contributed by atoms with van der Waals surface area (Å²) >= 11 is 3.88. The summed E-state index contributed by atoms with van der Waals surface area (Å²) in [5.74, 6) is -4.17. The number of nitrogens with one attached hydrogen (secondary N) is 2. The summed E-state index contributed by atoms with van der Waals surface area (Å²) in [6, 6.07) is -3.96. The molecule has 126 valence electrons. The summed E-state index contributed by atoms with van der Waals surface area (Å²) in [7, 11) is 0. The third-order valence-electron chi connectivity index (χ3n) is 2.66. The van der Waals surface area contributed by atoms with E-state index in [1.54, 1.807) is 0 Å². The van der Waals surface area contributed by atoms with E-state index in [4.69, 9.17) is 16.6 Å². The molecule has 8 N–H and O–H groups in total. The number of aliphatic hydroxyl groups excluding tert-OH is 1. The number of rotatable bonds is 9. The molecule has 0 spiro atoms. The Bertz CT molecular complexity index is 444. The van der Waals surface area contributed by atoms with E-state index >= 15 is 0 Å². The lowest BCUT2D eigenvalue weighted by atomic mass is 10.1. The van der Waals surface area contributed by atoms with Gasteiger partial charge < -0.3 is 32.3 Å². The van der Waals surface area contributed by atoms with Crippen molar-refractivity contribution >= 4 is 36.3 Å². The maximum Gasteiger partial charge on any atom is 0.326 e. The molecule has 0 aliphatic heterocycles. The quantitative estimate of drug-likeness (QED) is 0.213. The minimum Gasteiger partial charge on any atom is -0.480 e. The van der Waals surface area contributed by atoms with Gasteiger partial charge in [0, 0.05) is 5.75 Å². The zero-order chi connectivity index (χ0) is 17.4. The molecule has 10 nitrogen and oxygen atoms in total. The average Bonchev–Trinajstić information content (AvgIpc) is 2.41. The van der Waals surface area contributed by atoms with Gasteiger partial charge in [-0.25, -0.2) is 4.79 Å². The van der Waals surface area contributed by atoms with Gasteiger partial charge in [0.1, 0.15) is 18.1 Å². The third kappa shape index (κ3) is 6.74. The minimum absolute atomic E-state index is 0.146. The van der Waals surface area contributed by atoms with Gasteiger partial charge in [0.15, 0.2) is 0 Å². The Morgan fingerprint density at radius 2 is 1.64 bits per heavy atom. The standard InChI is InChI=1S/C11H20N4O6S/c1-4(16)8(13)10(19)15-6(3-22)9(18)14-5(11(20)21)2-7(12)17/h4-6,8,16,22H,2-3,13H2,1H3,(H2,12,17)(H,14,18)(H,15,19)(H,20,21)/t4-,5+,6+,8+/m1/s1. The Hall–Kier alpha value is -1.85. The van der Waals surface area contributed by atoms with Crippen LogP contribution in [-0.2, 0) is 19.2 Å². The molecule has 0 unspecified atom stereocenters. The van der Waals surface area contributed by atoms with E-state index in [2.05, 4.69) is 23.3 Å². The van der Waals surface area contributed by atoms with Crippen LogP contribution in [0.25, 0.3) is 0 Å². The van der Waals surface area contributed by atoms with Gasteiger partial charge in [0.25, 0.3) is 0 Å². The second-order valence-electron chi connectivity index (χ2n) is 4.58. The number of primary amides is 1. The van der Waals surface area contributed by atoms with E-state index < -0.39 is 54.3 Å². The molecule has 0 rings (SSSR count).